The topological polar surface area (TPSA) is 24.5 Å². The molecule has 24 heavy (non-hydrogen) atoms. The Bertz CT molecular complexity index is 685. The fraction of sp³-hybridized carbons (Fsp3) is 0.333. The maximum Gasteiger partial charge on any atom is 0.503 e. The van der Waals surface area contributed by atoms with Crippen LogP contribution in [-0.4, -0.2) is 13.4 Å². The summed E-state index contributed by atoms with van der Waals surface area (Å²) in [5.74, 6) is 0.718. The molecule has 0 heterocycles. The number of hydrazine groups is 1. The molecule has 2 aromatic rings. The lowest BCUT2D eigenvalue weighted by Crippen LogP contribution is -2.42. The Labute approximate surface area is 140 Å². The van der Waals surface area contributed by atoms with E-state index in [1.807, 2.05) is 19.9 Å². The van der Waals surface area contributed by atoms with Crippen LogP contribution in [0.1, 0.15) is 30.9 Å². The first-order chi connectivity index (χ1) is 11.2. The van der Waals surface area contributed by atoms with Gasteiger partial charge in [-0.3, -0.25) is 5.43 Å². The number of anilines is 2. The largest absolute Gasteiger partial charge is 0.503 e. The van der Waals surface area contributed by atoms with Crippen molar-refractivity contribution in [3.63, 3.8) is 0 Å². The van der Waals surface area contributed by atoms with Crippen LogP contribution in [0.2, 0.25) is 0 Å². The third-order valence-electron chi connectivity index (χ3n) is 3.77. The molecule has 0 spiro atoms. The molecule has 1 N–H and O–H groups in total. The van der Waals surface area contributed by atoms with Gasteiger partial charge in [-0.25, -0.2) is 0 Å². The zero-order valence-corrected chi connectivity index (χ0v) is 14.1. The quantitative estimate of drug-likeness (QED) is 0.577. The van der Waals surface area contributed by atoms with Crippen LogP contribution in [0.25, 0.3) is 0 Å². The number of halogens is 3. The van der Waals surface area contributed by atoms with Crippen LogP contribution >= 0.6 is 0 Å². The van der Waals surface area contributed by atoms with E-state index in [1.165, 1.54) is 19.2 Å². The van der Waals surface area contributed by atoms with Gasteiger partial charge in [0.25, 0.3) is 0 Å². The predicted molar refractivity (Wildman–Crippen MR) is 90.4 cm³/mol. The van der Waals surface area contributed by atoms with Crippen LogP contribution in [0, 0.1) is 6.92 Å². The van der Waals surface area contributed by atoms with Gasteiger partial charge in [-0.2, -0.15) is 5.01 Å². The first kappa shape index (κ1) is 18.0. The average molecular weight is 338 g/mol. The Morgan fingerprint density at radius 2 is 1.71 bits per heavy atom. The molecule has 0 bridgehead atoms. The third-order valence-corrected chi connectivity index (χ3v) is 3.77. The molecule has 0 aliphatic heterocycles. The number of methoxy groups -OCH3 is 1. The van der Waals surface area contributed by atoms with Gasteiger partial charge in [0.15, 0.2) is 0 Å². The summed E-state index contributed by atoms with van der Waals surface area (Å²) in [4.78, 5) is 0. The van der Waals surface area contributed by atoms with Gasteiger partial charge in [-0.1, -0.05) is 32.0 Å². The van der Waals surface area contributed by atoms with E-state index in [1.54, 1.807) is 31.2 Å². The van der Waals surface area contributed by atoms with Crippen LogP contribution in [-0.2, 0) is 0 Å². The molecular weight excluding hydrogens is 317 g/mol. The molecule has 2 rings (SSSR count). The number of alkyl halides is 3. The van der Waals surface area contributed by atoms with Crippen molar-refractivity contribution >= 4 is 11.4 Å². The highest BCUT2D eigenvalue weighted by atomic mass is 19.4. The molecule has 3 nitrogen and oxygen atoms in total. The first-order valence-corrected chi connectivity index (χ1v) is 7.61. The van der Waals surface area contributed by atoms with E-state index in [0.717, 1.165) is 5.56 Å². The fourth-order valence-corrected chi connectivity index (χ4v) is 2.34. The van der Waals surface area contributed by atoms with E-state index >= 15 is 0 Å². The number of benzene rings is 2. The fourth-order valence-electron chi connectivity index (χ4n) is 2.34. The summed E-state index contributed by atoms with van der Waals surface area (Å²) >= 11 is 0. The van der Waals surface area contributed by atoms with E-state index in [-0.39, 0.29) is 16.6 Å². The Hall–Kier alpha value is -2.37. The minimum Gasteiger partial charge on any atom is -0.496 e. The van der Waals surface area contributed by atoms with E-state index in [4.69, 9.17) is 4.74 Å². The van der Waals surface area contributed by atoms with Crippen molar-refractivity contribution in [2.24, 2.45) is 0 Å². The van der Waals surface area contributed by atoms with E-state index in [0.29, 0.717) is 17.0 Å². The molecule has 0 saturated carbocycles. The average Bonchev–Trinajstić information content (AvgIpc) is 2.53. The van der Waals surface area contributed by atoms with Crippen molar-refractivity contribution in [2.45, 2.75) is 33.0 Å². The number of nitrogens with one attached hydrogen (secondary N) is 1. The van der Waals surface area contributed by atoms with Crippen LogP contribution in [0.15, 0.2) is 42.5 Å². The summed E-state index contributed by atoms with van der Waals surface area (Å²) in [6.45, 7) is 5.68. The normalized spacial score (nSPS) is 11.5. The van der Waals surface area contributed by atoms with Gasteiger partial charge in [0.05, 0.1) is 18.5 Å². The zero-order valence-electron chi connectivity index (χ0n) is 14.1. The highest BCUT2D eigenvalue weighted by Gasteiger charge is 2.38. The summed E-state index contributed by atoms with van der Waals surface area (Å²) in [5.41, 5.74) is 4.39. The molecular formula is C18H21F3N2O. The summed E-state index contributed by atoms with van der Waals surface area (Å²) in [5, 5.41) is 0.207. The second-order valence-electron chi connectivity index (χ2n) is 5.80. The summed E-state index contributed by atoms with van der Waals surface area (Å²) in [6.07, 6.45) is -4.57. The van der Waals surface area contributed by atoms with Crippen molar-refractivity contribution in [2.75, 3.05) is 17.5 Å². The zero-order chi connectivity index (χ0) is 17.9. The van der Waals surface area contributed by atoms with Crippen molar-refractivity contribution < 1.29 is 17.9 Å². The minimum atomic E-state index is -4.57. The Morgan fingerprint density at radius 3 is 2.21 bits per heavy atom. The molecule has 0 aromatic heterocycles. The molecule has 6 heteroatoms. The van der Waals surface area contributed by atoms with Gasteiger partial charge in [-0.15, -0.1) is 13.2 Å². The maximum absolute atomic E-state index is 13.5. The predicted octanol–water partition coefficient (Wildman–Crippen LogP) is 5.48. The van der Waals surface area contributed by atoms with Crippen molar-refractivity contribution in [1.82, 2.24) is 0 Å². The molecule has 0 radical (unpaired) electrons. The molecule has 0 aliphatic carbocycles. The molecule has 0 saturated heterocycles. The van der Waals surface area contributed by atoms with E-state index in [2.05, 4.69) is 5.43 Å². The van der Waals surface area contributed by atoms with Crippen LogP contribution in [0.4, 0.5) is 24.5 Å². The lowest BCUT2D eigenvalue weighted by Gasteiger charge is -2.29. The number of hydrogen-bond donors (Lipinski definition) is 1. The van der Waals surface area contributed by atoms with Crippen LogP contribution < -0.4 is 15.2 Å². The highest BCUT2D eigenvalue weighted by molar-refractivity contribution is 5.64. The molecule has 0 amide bonds. The van der Waals surface area contributed by atoms with Gasteiger partial charge in [0, 0.05) is 5.56 Å². The van der Waals surface area contributed by atoms with Crippen molar-refractivity contribution in [3.05, 3.63) is 53.6 Å². The van der Waals surface area contributed by atoms with Gasteiger partial charge in [0.2, 0.25) is 0 Å². The second kappa shape index (κ2) is 7.03. The summed E-state index contributed by atoms with van der Waals surface area (Å²) in [7, 11) is 1.51. The van der Waals surface area contributed by atoms with Crippen LogP contribution in [0.5, 0.6) is 5.75 Å². The molecule has 0 atom stereocenters. The molecule has 130 valence electrons. The monoisotopic (exact) mass is 338 g/mol. The molecule has 0 unspecified atom stereocenters. The molecule has 0 aliphatic rings. The first-order valence-electron chi connectivity index (χ1n) is 7.61. The smallest absolute Gasteiger partial charge is 0.496 e. The highest BCUT2D eigenvalue weighted by Crippen LogP contribution is 2.34. The molecule has 0 fully saturated rings. The van der Waals surface area contributed by atoms with Gasteiger partial charge >= 0.3 is 6.30 Å². The maximum atomic E-state index is 13.5. The Balaban J connectivity index is 2.48. The summed E-state index contributed by atoms with van der Waals surface area (Å²) in [6, 6.07) is 11.2. The van der Waals surface area contributed by atoms with Gasteiger partial charge < -0.3 is 4.74 Å². The van der Waals surface area contributed by atoms with Crippen molar-refractivity contribution in [3.8, 4) is 5.75 Å². The standard InChI is InChI=1S/C18H21F3N2O/c1-12(2)14-10-16(13(3)17(11-14)24-4)22-23(18(19,20)21)15-8-6-5-7-9-15/h5-12,22H,1-4H3. The lowest BCUT2D eigenvalue weighted by atomic mass is 10.00. The molecule has 2 aromatic carbocycles. The number of nitrogens with zero attached hydrogens (tertiary/aromatic N) is 1. The Morgan fingerprint density at radius 1 is 1.08 bits per heavy atom. The SMILES string of the molecule is COc1cc(C(C)C)cc(NN(c2ccccc2)C(F)(F)F)c1C. The number of ether oxygens (including phenoxy) is 1. The third kappa shape index (κ3) is 3.93. The van der Waals surface area contributed by atoms with Gasteiger partial charge in [-0.05, 0) is 42.7 Å². The van der Waals surface area contributed by atoms with Crippen LogP contribution in [0.3, 0.4) is 0 Å². The van der Waals surface area contributed by atoms with E-state index in [9.17, 15) is 13.2 Å². The van der Waals surface area contributed by atoms with E-state index < -0.39 is 6.30 Å². The second-order valence-corrected chi connectivity index (χ2v) is 5.80. The Kier molecular flexibility index (Phi) is 5.26. The number of hydrogen-bond acceptors (Lipinski definition) is 3. The van der Waals surface area contributed by atoms with Gasteiger partial charge in [0.1, 0.15) is 5.75 Å². The lowest BCUT2D eigenvalue weighted by molar-refractivity contribution is -0.125. The number of rotatable bonds is 5. The number of para-hydroxylation sites is 1. The minimum absolute atomic E-state index is 0.0123. The van der Waals surface area contributed by atoms with Crippen molar-refractivity contribution in [1.29, 1.82) is 0 Å². The summed E-state index contributed by atoms with van der Waals surface area (Å²) < 4.78 is 45.8.